The Morgan fingerprint density at radius 3 is 2.71 bits per heavy atom. The normalized spacial score (nSPS) is 22.2. The Kier molecular flexibility index (Phi) is 5.24. The molecule has 1 aliphatic heterocycles. The molecule has 0 spiro atoms. The monoisotopic (exact) mass is 302 g/mol. The zero-order valence-corrected chi connectivity index (χ0v) is 12.3. The molecule has 21 heavy (non-hydrogen) atoms. The van der Waals surface area contributed by atoms with Crippen LogP contribution in [-0.4, -0.2) is 44.3 Å². The summed E-state index contributed by atoms with van der Waals surface area (Å²) in [6, 6.07) is 5.26. The summed E-state index contributed by atoms with van der Waals surface area (Å²) in [5.41, 5.74) is -0.333. The van der Waals surface area contributed by atoms with Crippen molar-refractivity contribution in [2.24, 2.45) is 0 Å². The number of hydrogen-bond donors (Lipinski definition) is 1. The summed E-state index contributed by atoms with van der Waals surface area (Å²) in [6.45, 7) is 4.42. The molecule has 2 rings (SSSR count). The summed E-state index contributed by atoms with van der Waals surface area (Å²) in [4.78, 5) is 2.08. The molecule has 0 aliphatic carbocycles. The van der Waals surface area contributed by atoms with Gasteiger partial charge >= 0.3 is 6.18 Å². The zero-order valence-electron chi connectivity index (χ0n) is 12.3. The SMILES string of the molecule is CCNC(c1ccccc1C(F)(F)F)C1CN(C)CCO1. The molecular weight excluding hydrogens is 281 g/mol. The van der Waals surface area contributed by atoms with E-state index in [1.54, 1.807) is 6.07 Å². The van der Waals surface area contributed by atoms with Crippen molar-refractivity contribution in [1.29, 1.82) is 0 Å². The van der Waals surface area contributed by atoms with E-state index in [4.69, 9.17) is 4.74 Å². The van der Waals surface area contributed by atoms with Crippen LogP contribution in [0.5, 0.6) is 0 Å². The fraction of sp³-hybridized carbons (Fsp3) is 0.600. The number of benzene rings is 1. The van der Waals surface area contributed by atoms with Crippen LogP contribution in [0.1, 0.15) is 24.1 Å². The fourth-order valence-corrected chi connectivity index (χ4v) is 2.70. The van der Waals surface area contributed by atoms with E-state index in [0.717, 1.165) is 12.6 Å². The van der Waals surface area contributed by atoms with Gasteiger partial charge in [0.2, 0.25) is 0 Å². The van der Waals surface area contributed by atoms with Crippen LogP contribution in [0.25, 0.3) is 0 Å². The third kappa shape index (κ3) is 3.96. The first-order valence-corrected chi connectivity index (χ1v) is 7.13. The summed E-state index contributed by atoms with van der Waals surface area (Å²) < 4.78 is 45.4. The molecule has 1 fully saturated rings. The molecule has 0 aromatic heterocycles. The molecule has 2 atom stereocenters. The Balaban J connectivity index is 2.34. The molecule has 3 nitrogen and oxygen atoms in total. The van der Waals surface area contributed by atoms with Crippen molar-refractivity contribution in [3.8, 4) is 0 Å². The van der Waals surface area contributed by atoms with Crippen LogP contribution in [0.15, 0.2) is 24.3 Å². The maximum Gasteiger partial charge on any atom is 0.416 e. The molecule has 1 N–H and O–H groups in total. The summed E-state index contributed by atoms with van der Waals surface area (Å²) in [5, 5.41) is 3.15. The number of nitrogens with zero attached hydrogens (tertiary/aromatic N) is 1. The molecule has 2 unspecified atom stereocenters. The van der Waals surface area contributed by atoms with Gasteiger partial charge in [-0.15, -0.1) is 0 Å². The summed E-state index contributed by atoms with van der Waals surface area (Å²) in [5.74, 6) is 0. The Morgan fingerprint density at radius 2 is 2.10 bits per heavy atom. The highest BCUT2D eigenvalue weighted by Crippen LogP contribution is 2.36. The van der Waals surface area contributed by atoms with E-state index in [1.807, 2.05) is 14.0 Å². The number of alkyl halides is 3. The Bertz CT molecular complexity index is 464. The van der Waals surface area contributed by atoms with Crippen LogP contribution in [0.3, 0.4) is 0 Å². The van der Waals surface area contributed by atoms with Gasteiger partial charge in [0.1, 0.15) is 0 Å². The predicted molar refractivity (Wildman–Crippen MR) is 75.1 cm³/mol. The van der Waals surface area contributed by atoms with Crippen molar-refractivity contribution < 1.29 is 17.9 Å². The molecule has 1 saturated heterocycles. The number of halogens is 3. The highest BCUT2D eigenvalue weighted by molar-refractivity contribution is 5.33. The Morgan fingerprint density at radius 1 is 1.38 bits per heavy atom. The van der Waals surface area contributed by atoms with E-state index in [1.165, 1.54) is 12.1 Å². The van der Waals surface area contributed by atoms with Gasteiger partial charge in [-0.2, -0.15) is 13.2 Å². The number of morpholine rings is 1. The van der Waals surface area contributed by atoms with E-state index in [-0.39, 0.29) is 11.7 Å². The minimum absolute atomic E-state index is 0.257. The van der Waals surface area contributed by atoms with Gasteiger partial charge in [0.25, 0.3) is 0 Å². The van der Waals surface area contributed by atoms with E-state index >= 15 is 0 Å². The maximum atomic E-state index is 13.2. The second kappa shape index (κ2) is 6.77. The van der Waals surface area contributed by atoms with Crippen molar-refractivity contribution >= 4 is 0 Å². The molecule has 1 heterocycles. The van der Waals surface area contributed by atoms with Gasteiger partial charge in [-0.25, -0.2) is 0 Å². The number of nitrogens with one attached hydrogen (secondary N) is 1. The lowest BCUT2D eigenvalue weighted by atomic mass is 9.94. The van der Waals surface area contributed by atoms with Crippen molar-refractivity contribution in [1.82, 2.24) is 10.2 Å². The maximum absolute atomic E-state index is 13.2. The van der Waals surface area contributed by atoms with Gasteiger partial charge in [-0.1, -0.05) is 25.1 Å². The van der Waals surface area contributed by atoms with Crippen molar-refractivity contribution in [3.05, 3.63) is 35.4 Å². The number of hydrogen-bond acceptors (Lipinski definition) is 3. The molecule has 6 heteroatoms. The van der Waals surface area contributed by atoms with Crippen LogP contribution in [0.4, 0.5) is 13.2 Å². The average molecular weight is 302 g/mol. The largest absolute Gasteiger partial charge is 0.416 e. The van der Waals surface area contributed by atoms with Crippen LogP contribution < -0.4 is 5.32 Å². The second-order valence-electron chi connectivity index (χ2n) is 5.29. The quantitative estimate of drug-likeness (QED) is 0.925. The first-order valence-electron chi connectivity index (χ1n) is 7.13. The van der Waals surface area contributed by atoms with E-state index < -0.39 is 17.8 Å². The van der Waals surface area contributed by atoms with Crippen molar-refractivity contribution in [2.75, 3.05) is 33.3 Å². The fourth-order valence-electron chi connectivity index (χ4n) is 2.70. The highest BCUT2D eigenvalue weighted by atomic mass is 19.4. The zero-order chi connectivity index (χ0) is 15.5. The lowest BCUT2D eigenvalue weighted by Gasteiger charge is -2.36. The van der Waals surface area contributed by atoms with E-state index in [9.17, 15) is 13.2 Å². The first kappa shape index (κ1) is 16.3. The van der Waals surface area contributed by atoms with Crippen molar-refractivity contribution in [2.45, 2.75) is 25.2 Å². The van der Waals surface area contributed by atoms with E-state index in [0.29, 0.717) is 19.7 Å². The number of rotatable bonds is 4. The molecule has 1 aliphatic rings. The molecule has 0 saturated carbocycles. The smallest absolute Gasteiger partial charge is 0.374 e. The summed E-state index contributed by atoms with van der Waals surface area (Å²) in [6.07, 6.45) is -4.64. The average Bonchev–Trinajstić information content (AvgIpc) is 2.44. The van der Waals surface area contributed by atoms with Crippen molar-refractivity contribution in [3.63, 3.8) is 0 Å². The third-order valence-corrected chi connectivity index (χ3v) is 3.69. The van der Waals surface area contributed by atoms with Gasteiger partial charge < -0.3 is 15.0 Å². The lowest BCUT2D eigenvalue weighted by molar-refractivity contribution is -0.139. The molecule has 1 aromatic carbocycles. The third-order valence-electron chi connectivity index (χ3n) is 3.69. The number of likely N-dealkylation sites (N-methyl/N-ethyl adjacent to an activating group) is 2. The molecule has 118 valence electrons. The van der Waals surface area contributed by atoms with Crippen LogP contribution in [0, 0.1) is 0 Å². The highest BCUT2D eigenvalue weighted by Gasteiger charge is 2.37. The summed E-state index contributed by atoms with van der Waals surface area (Å²) >= 11 is 0. The van der Waals surface area contributed by atoms with Gasteiger partial charge in [-0.3, -0.25) is 0 Å². The van der Waals surface area contributed by atoms with Crippen LogP contribution in [0.2, 0.25) is 0 Å². The minimum atomic E-state index is -4.36. The lowest BCUT2D eigenvalue weighted by Crippen LogP contribution is -2.47. The number of ether oxygens (including phenoxy) is 1. The van der Waals surface area contributed by atoms with Crippen LogP contribution >= 0.6 is 0 Å². The van der Waals surface area contributed by atoms with Crippen LogP contribution in [-0.2, 0) is 10.9 Å². The predicted octanol–water partition coefficient (Wildman–Crippen LogP) is 2.69. The molecule has 0 radical (unpaired) electrons. The van der Waals surface area contributed by atoms with Gasteiger partial charge in [0.05, 0.1) is 24.3 Å². The van der Waals surface area contributed by atoms with Gasteiger partial charge in [0.15, 0.2) is 0 Å². The standard InChI is InChI=1S/C15H21F3N2O/c1-3-19-14(13-10-20(2)8-9-21-13)11-6-4-5-7-12(11)15(16,17)18/h4-7,13-14,19H,3,8-10H2,1-2H3. The van der Waals surface area contributed by atoms with Gasteiger partial charge in [-0.05, 0) is 25.2 Å². The van der Waals surface area contributed by atoms with Gasteiger partial charge in [0, 0.05) is 13.1 Å². The topological polar surface area (TPSA) is 24.5 Å². The van der Waals surface area contributed by atoms with E-state index in [2.05, 4.69) is 10.2 Å². The Labute approximate surface area is 123 Å². The first-order chi connectivity index (χ1) is 9.93. The second-order valence-corrected chi connectivity index (χ2v) is 5.29. The molecule has 0 bridgehead atoms. The molecule has 1 aromatic rings. The Hall–Kier alpha value is -1.11. The minimum Gasteiger partial charge on any atom is -0.374 e. The summed E-state index contributed by atoms with van der Waals surface area (Å²) in [7, 11) is 1.95. The molecular formula is C15H21F3N2O. The molecule has 0 amide bonds.